The van der Waals surface area contributed by atoms with Gasteiger partial charge in [-0.2, -0.15) is 0 Å². The van der Waals surface area contributed by atoms with E-state index in [9.17, 15) is 9.59 Å². The third-order valence-electron chi connectivity index (χ3n) is 3.36. The second kappa shape index (κ2) is 4.97. The predicted molar refractivity (Wildman–Crippen MR) is 70.3 cm³/mol. The number of thiophene rings is 1. The maximum atomic E-state index is 11.7. The first-order valence-corrected chi connectivity index (χ1v) is 6.74. The van der Waals surface area contributed by atoms with Crippen LogP contribution in [0.25, 0.3) is 0 Å². The molecule has 2 amide bonds. The Balaban J connectivity index is 1.87. The van der Waals surface area contributed by atoms with E-state index in [1.165, 1.54) is 23.8 Å². The third kappa shape index (κ3) is 2.81. The van der Waals surface area contributed by atoms with E-state index < -0.39 is 5.97 Å². The molecule has 1 saturated carbocycles. The summed E-state index contributed by atoms with van der Waals surface area (Å²) < 4.78 is 0. The molecule has 5 nitrogen and oxygen atoms in total. The first kappa shape index (κ1) is 12.9. The quantitative estimate of drug-likeness (QED) is 0.785. The molecule has 0 aliphatic heterocycles. The highest BCUT2D eigenvalue weighted by atomic mass is 32.1. The van der Waals surface area contributed by atoms with Gasteiger partial charge in [-0.15, -0.1) is 11.3 Å². The largest absolute Gasteiger partial charge is 0.478 e. The number of rotatable bonds is 4. The molecule has 0 spiro atoms. The zero-order valence-electron chi connectivity index (χ0n) is 10.2. The minimum atomic E-state index is -1.03. The molecule has 1 fully saturated rings. The molecule has 18 heavy (non-hydrogen) atoms. The summed E-state index contributed by atoms with van der Waals surface area (Å²) in [7, 11) is 0. The molecule has 0 radical (unpaired) electrons. The summed E-state index contributed by atoms with van der Waals surface area (Å²) in [5.41, 5.74) is 0.340. The second-order valence-corrected chi connectivity index (χ2v) is 5.86. The molecule has 1 aliphatic carbocycles. The molecule has 98 valence electrons. The Kier molecular flexibility index (Phi) is 3.56. The Morgan fingerprint density at radius 1 is 1.50 bits per heavy atom. The number of carboxylic acid groups (broad SMARTS) is 1. The lowest BCUT2D eigenvalue weighted by atomic mass is 9.70. The van der Waals surface area contributed by atoms with Gasteiger partial charge in [0.05, 0.1) is 5.56 Å². The molecule has 6 heteroatoms. The van der Waals surface area contributed by atoms with Crippen LogP contribution >= 0.6 is 11.3 Å². The van der Waals surface area contributed by atoms with Crippen LogP contribution in [0.15, 0.2) is 11.4 Å². The number of nitrogens with one attached hydrogen (secondary N) is 2. The Labute approximate surface area is 109 Å². The second-order valence-electron chi connectivity index (χ2n) is 4.94. The number of carbonyl (C=O) groups excluding carboxylic acids is 1. The van der Waals surface area contributed by atoms with E-state index in [-0.39, 0.29) is 17.0 Å². The van der Waals surface area contributed by atoms with Crippen LogP contribution in [0.5, 0.6) is 0 Å². The summed E-state index contributed by atoms with van der Waals surface area (Å²) in [5, 5.41) is 16.3. The van der Waals surface area contributed by atoms with Crippen molar-refractivity contribution in [2.75, 3.05) is 11.9 Å². The van der Waals surface area contributed by atoms with Crippen molar-refractivity contribution in [2.24, 2.45) is 5.41 Å². The average Bonchev–Trinajstić information content (AvgIpc) is 2.72. The monoisotopic (exact) mass is 268 g/mol. The maximum Gasteiger partial charge on any atom is 0.338 e. The van der Waals surface area contributed by atoms with E-state index in [4.69, 9.17) is 5.11 Å². The van der Waals surface area contributed by atoms with Gasteiger partial charge >= 0.3 is 12.0 Å². The molecular formula is C12H16N2O3S. The van der Waals surface area contributed by atoms with Gasteiger partial charge in [0.25, 0.3) is 0 Å². The van der Waals surface area contributed by atoms with Gasteiger partial charge in [0.2, 0.25) is 0 Å². The van der Waals surface area contributed by atoms with Gasteiger partial charge in [-0.05, 0) is 29.7 Å². The Morgan fingerprint density at radius 2 is 2.22 bits per heavy atom. The molecule has 1 aliphatic rings. The van der Waals surface area contributed by atoms with Crippen molar-refractivity contribution in [1.29, 1.82) is 0 Å². The lowest BCUT2D eigenvalue weighted by molar-refractivity contribution is 0.0698. The molecule has 0 atom stereocenters. The Hall–Kier alpha value is -1.56. The van der Waals surface area contributed by atoms with Crippen LogP contribution in [0.3, 0.4) is 0 Å². The van der Waals surface area contributed by atoms with Crippen molar-refractivity contribution in [1.82, 2.24) is 5.32 Å². The van der Waals surface area contributed by atoms with Gasteiger partial charge in [0.1, 0.15) is 5.00 Å². The fraction of sp³-hybridized carbons (Fsp3) is 0.500. The summed E-state index contributed by atoms with van der Waals surface area (Å²) in [6, 6.07) is 1.14. The van der Waals surface area contributed by atoms with Gasteiger partial charge < -0.3 is 10.4 Å². The molecule has 2 rings (SSSR count). The minimum Gasteiger partial charge on any atom is -0.478 e. The molecule has 1 aromatic heterocycles. The van der Waals surface area contributed by atoms with E-state index in [2.05, 4.69) is 17.6 Å². The maximum absolute atomic E-state index is 11.7. The number of amides is 2. The van der Waals surface area contributed by atoms with Crippen LogP contribution in [0, 0.1) is 5.41 Å². The molecule has 1 heterocycles. The highest BCUT2D eigenvalue weighted by Crippen LogP contribution is 2.39. The molecule has 0 bridgehead atoms. The highest BCUT2D eigenvalue weighted by molar-refractivity contribution is 7.14. The van der Waals surface area contributed by atoms with Crippen molar-refractivity contribution in [3.05, 3.63) is 17.0 Å². The standard InChI is InChI=1S/C12H16N2O3S/c1-12(4-2-5-12)7-13-11(17)14-9-8(10(15)16)3-6-18-9/h3,6H,2,4-5,7H2,1H3,(H,15,16)(H2,13,14,17). The van der Waals surface area contributed by atoms with Gasteiger partial charge in [-0.1, -0.05) is 13.3 Å². The molecule has 0 unspecified atom stereocenters. The van der Waals surface area contributed by atoms with Gasteiger partial charge in [-0.3, -0.25) is 5.32 Å². The van der Waals surface area contributed by atoms with E-state index in [0.717, 1.165) is 12.8 Å². The molecule has 0 aromatic carbocycles. The van der Waals surface area contributed by atoms with Crippen LogP contribution in [0.4, 0.5) is 9.80 Å². The first-order valence-electron chi connectivity index (χ1n) is 5.86. The fourth-order valence-electron chi connectivity index (χ4n) is 1.97. The first-order chi connectivity index (χ1) is 8.50. The molecular weight excluding hydrogens is 252 g/mol. The summed E-state index contributed by atoms with van der Waals surface area (Å²) >= 11 is 1.21. The smallest absolute Gasteiger partial charge is 0.338 e. The van der Waals surface area contributed by atoms with E-state index in [1.54, 1.807) is 5.38 Å². The van der Waals surface area contributed by atoms with Gasteiger partial charge in [0, 0.05) is 6.54 Å². The number of hydrogen-bond donors (Lipinski definition) is 3. The van der Waals surface area contributed by atoms with E-state index in [1.807, 2.05) is 0 Å². The number of aromatic carboxylic acids is 1. The molecule has 3 N–H and O–H groups in total. The summed E-state index contributed by atoms with van der Waals surface area (Å²) in [4.78, 5) is 22.5. The summed E-state index contributed by atoms with van der Waals surface area (Å²) in [6.07, 6.45) is 3.48. The highest BCUT2D eigenvalue weighted by Gasteiger charge is 2.31. The summed E-state index contributed by atoms with van der Waals surface area (Å²) in [6.45, 7) is 2.78. The van der Waals surface area contributed by atoms with Crippen LogP contribution in [0.1, 0.15) is 36.5 Å². The van der Waals surface area contributed by atoms with Gasteiger partial charge in [0.15, 0.2) is 0 Å². The SMILES string of the molecule is CC1(CNC(=O)Nc2sccc2C(=O)O)CCC1. The van der Waals surface area contributed by atoms with Gasteiger partial charge in [-0.25, -0.2) is 9.59 Å². The molecule has 1 aromatic rings. The third-order valence-corrected chi connectivity index (χ3v) is 4.19. The lowest BCUT2D eigenvalue weighted by Gasteiger charge is -2.38. The van der Waals surface area contributed by atoms with Crippen LogP contribution in [-0.2, 0) is 0 Å². The van der Waals surface area contributed by atoms with E-state index >= 15 is 0 Å². The van der Waals surface area contributed by atoms with Crippen molar-refractivity contribution < 1.29 is 14.7 Å². The van der Waals surface area contributed by atoms with Crippen molar-refractivity contribution in [2.45, 2.75) is 26.2 Å². The average molecular weight is 268 g/mol. The van der Waals surface area contributed by atoms with Crippen molar-refractivity contribution in [3.8, 4) is 0 Å². The topological polar surface area (TPSA) is 78.4 Å². The lowest BCUT2D eigenvalue weighted by Crippen LogP contribution is -2.41. The Morgan fingerprint density at radius 3 is 2.78 bits per heavy atom. The number of urea groups is 1. The van der Waals surface area contributed by atoms with Crippen LogP contribution in [0.2, 0.25) is 0 Å². The van der Waals surface area contributed by atoms with Crippen molar-refractivity contribution in [3.63, 3.8) is 0 Å². The number of hydrogen-bond acceptors (Lipinski definition) is 3. The molecule has 0 saturated heterocycles. The van der Waals surface area contributed by atoms with Crippen LogP contribution in [-0.4, -0.2) is 23.7 Å². The zero-order valence-corrected chi connectivity index (χ0v) is 11.0. The van der Waals surface area contributed by atoms with Crippen LogP contribution < -0.4 is 10.6 Å². The number of carboxylic acids is 1. The number of anilines is 1. The number of carbonyl (C=O) groups is 2. The summed E-state index contributed by atoms with van der Waals surface area (Å²) in [5.74, 6) is -1.03. The minimum absolute atomic E-state index is 0.130. The Bertz CT molecular complexity index is 466. The van der Waals surface area contributed by atoms with E-state index in [0.29, 0.717) is 11.5 Å². The fourth-order valence-corrected chi connectivity index (χ4v) is 2.75. The zero-order chi connectivity index (χ0) is 13.2. The normalized spacial score (nSPS) is 16.7. The van der Waals surface area contributed by atoms with Crippen molar-refractivity contribution >= 4 is 28.3 Å². The predicted octanol–water partition coefficient (Wildman–Crippen LogP) is 2.76.